The van der Waals surface area contributed by atoms with E-state index in [1.165, 1.54) is 11.3 Å². The number of carbonyl (C=O) groups is 1. The van der Waals surface area contributed by atoms with E-state index >= 15 is 0 Å². The Balaban J connectivity index is 1.90. The maximum absolute atomic E-state index is 13.0. The number of aryl methyl sites for hydroxylation is 1. The highest BCUT2D eigenvalue weighted by atomic mass is 35.5. The number of nitrogens with zero attached hydrogens (tertiary/aromatic N) is 2. The lowest BCUT2D eigenvalue weighted by Gasteiger charge is -2.08. The van der Waals surface area contributed by atoms with Crippen molar-refractivity contribution in [3.8, 4) is 5.75 Å². The van der Waals surface area contributed by atoms with Gasteiger partial charge in [-0.05, 0) is 42.0 Å². The van der Waals surface area contributed by atoms with Crippen molar-refractivity contribution < 1.29 is 9.53 Å². The summed E-state index contributed by atoms with van der Waals surface area (Å²) in [5.41, 5.74) is 1.35. The van der Waals surface area contributed by atoms with Gasteiger partial charge < -0.3 is 9.30 Å². The van der Waals surface area contributed by atoms with Crippen LogP contribution in [-0.2, 0) is 6.54 Å². The summed E-state index contributed by atoms with van der Waals surface area (Å²) < 4.78 is 8.41. The molecule has 0 spiro atoms. The molecule has 0 aliphatic carbocycles. The topological polar surface area (TPSA) is 43.6 Å². The molecular weight excluding hydrogens is 380 g/mol. The second-order valence-electron chi connectivity index (χ2n) is 6.03. The number of thiazole rings is 1. The van der Waals surface area contributed by atoms with Gasteiger partial charge >= 0.3 is 0 Å². The van der Waals surface area contributed by atoms with E-state index in [2.05, 4.69) is 4.99 Å². The van der Waals surface area contributed by atoms with Crippen LogP contribution in [0.4, 0.5) is 0 Å². The summed E-state index contributed by atoms with van der Waals surface area (Å²) in [7, 11) is 1.56. The zero-order valence-corrected chi connectivity index (χ0v) is 16.5. The van der Waals surface area contributed by atoms with Gasteiger partial charge in [0.05, 0.1) is 27.9 Å². The van der Waals surface area contributed by atoms with Crippen LogP contribution in [0, 0.1) is 0 Å². The second kappa shape index (κ2) is 7.18. The van der Waals surface area contributed by atoms with Crippen LogP contribution in [0.2, 0.25) is 5.02 Å². The van der Waals surface area contributed by atoms with E-state index in [-0.39, 0.29) is 5.91 Å². The Kier molecular flexibility index (Phi) is 4.72. The highest BCUT2D eigenvalue weighted by molar-refractivity contribution is 7.16. The fraction of sp³-hybridized carbons (Fsp3) is 0.143. The molecule has 4 aromatic rings. The Hall–Kier alpha value is -2.63. The number of rotatable bonds is 3. The maximum Gasteiger partial charge on any atom is 0.283 e. The van der Waals surface area contributed by atoms with E-state index in [1.807, 2.05) is 66.1 Å². The van der Waals surface area contributed by atoms with Gasteiger partial charge in [-0.25, -0.2) is 0 Å². The molecule has 0 radical (unpaired) electrons. The predicted molar refractivity (Wildman–Crippen MR) is 111 cm³/mol. The molecule has 0 saturated heterocycles. The number of ether oxygens (including phenoxy) is 1. The zero-order valence-electron chi connectivity index (χ0n) is 14.9. The van der Waals surface area contributed by atoms with Gasteiger partial charge in [0.15, 0.2) is 4.80 Å². The predicted octanol–water partition coefficient (Wildman–Crippen LogP) is 5.28. The van der Waals surface area contributed by atoms with Gasteiger partial charge in [0.2, 0.25) is 0 Å². The van der Waals surface area contributed by atoms with Crippen LogP contribution in [0.5, 0.6) is 5.75 Å². The van der Waals surface area contributed by atoms with Gasteiger partial charge in [-0.2, -0.15) is 4.99 Å². The average Bonchev–Trinajstić information content (AvgIpc) is 3.05. The minimum absolute atomic E-state index is 0.331. The summed E-state index contributed by atoms with van der Waals surface area (Å²) in [5.74, 6) is 0.187. The van der Waals surface area contributed by atoms with E-state index in [1.54, 1.807) is 7.11 Å². The largest absolute Gasteiger partial charge is 0.496 e. The summed E-state index contributed by atoms with van der Waals surface area (Å²) in [5, 5.41) is 2.64. The first kappa shape index (κ1) is 17.8. The highest BCUT2D eigenvalue weighted by Gasteiger charge is 2.15. The first-order valence-corrected chi connectivity index (χ1v) is 9.75. The molecule has 6 heteroatoms. The lowest BCUT2D eigenvalue weighted by atomic mass is 10.1. The summed E-state index contributed by atoms with van der Waals surface area (Å²) in [6.07, 6.45) is 0. The van der Waals surface area contributed by atoms with Crippen molar-refractivity contribution in [1.82, 2.24) is 4.57 Å². The molecule has 0 bridgehead atoms. The SMILES string of the molecule is CCn1c(=NC(=O)c2cc3ccccc3cc2OC)sc2cccc(Cl)c21. The summed E-state index contributed by atoms with van der Waals surface area (Å²) in [6, 6.07) is 17.3. The number of methoxy groups -OCH3 is 1. The molecule has 0 aliphatic rings. The number of amides is 1. The lowest BCUT2D eigenvalue weighted by Crippen LogP contribution is -2.16. The van der Waals surface area contributed by atoms with E-state index < -0.39 is 0 Å². The molecule has 0 atom stereocenters. The van der Waals surface area contributed by atoms with Gasteiger partial charge in [0.1, 0.15) is 5.75 Å². The van der Waals surface area contributed by atoms with Crippen molar-refractivity contribution in [3.05, 3.63) is 70.0 Å². The Labute approximate surface area is 165 Å². The van der Waals surface area contributed by atoms with Gasteiger partial charge in [-0.15, -0.1) is 0 Å². The fourth-order valence-corrected chi connectivity index (χ4v) is 4.62. The number of halogens is 1. The fourth-order valence-electron chi connectivity index (χ4n) is 3.17. The van der Waals surface area contributed by atoms with Crippen LogP contribution >= 0.6 is 22.9 Å². The Bertz CT molecular complexity index is 1240. The molecule has 0 unspecified atom stereocenters. The quantitative estimate of drug-likeness (QED) is 0.473. The number of hydrogen-bond donors (Lipinski definition) is 0. The molecule has 3 aromatic carbocycles. The zero-order chi connectivity index (χ0) is 19.0. The van der Waals surface area contributed by atoms with E-state index in [9.17, 15) is 4.79 Å². The number of benzene rings is 3. The van der Waals surface area contributed by atoms with Crippen LogP contribution in [-0.4, -0.2) is 17.6 Å². The summed E-state index contributed by atoms with van der Waals surface area (Å²) in [6.45, 7) is 2.68. The van der Waals surface area contributed by atoms with Gasteiger partial charge in [0.25, 0.3) is 5.91 Å². The molecule has 0 saturated carbocycles. The van der Waals surface area contributed by atoms with E-state index in [4.69, 9.17) is 16.3 Å². The normalized spacial score (nSPS) is 12.0. The molecule has 1 aromatic heterocycles. The van der Waals surface area contributed by atoms with Crippen molar-refractivity contribution in [2.45, 2.75) is 13.5 Å². The molecular formula is C21H17ClN2O2S. The van der Waals surface area contributed by atoms with Gasteiger partial charge in [-0.3, -0.25) is 4.79 Å². The standard InChI is InChI=1S/C21H17ClN2O2S/c1-3-24-19-16(22)9-6-10-18(19)27-21(24)23-20(25)15-11-13-7-4-5-8-14(13)12-17(15)26-2/h4-12H,3H2,1-2H3. The van der Waals surface area contributed by atoms with Crippen LogP contribution in [0.15, 0.2) is 59.6 Å². The van der Waals surface area contributed by atoms with Crippen LogP contribution < -0.4 is 9.54 Å². The van der Waals surface area contributed by atoms with E-state index in [0.29, 0.717) is 27.7 Å². The third-order valence-corrected chi connectivity index (χ3v) is 5.81. The minimum atomic E-state index is -0.331. The summed E-state index contributed by atoms with van der Waals surface area (Å²) >= 11 is 7.81. The van der Waals surface area contributed by atoms with Crippen molar-refractivity contribution >= 4 is 49.8 Å². The van der Waals surface area contributed by atoms with Crippen molar-refractivity contribution in [3.63, 3.8) is 0 Å². The number of hydrogen-bond acceptors (Lipinski definition) is 3. The van der Waals surface area contributed by atoms with Crippen molar-refractivity contribution in [1.29, 1.82) is 0 Å². The third-order valence-electron chi connectivity index (χ3n) is 4.46. The van der Waals surface area contributed by atoms with Gasteiger partial charge in [0, 0.05) is 6.54 Å². The van der Waals surface area contributed by atoms with Crippen molar-refractivity contribution in [2.24, 2.45) is 4.99 Å². The smallest absolute Gasteiger partial charge is 0.283 e. The molecule has 0 N–H and O–H groups in total. The van der Waals surface area contributed by atoms with Crippen LogP contribution in [0.3, 0.4) is 0 Å². The van der Waals surface area contributed by atoms with E-state index in [0.717, 1.165) is 21.0 Å². The number of fused-ring (bicyclic) bond motifs is 2. The lowest BCUT2D eigenvalue weighted by molar-refractivity contribution is 0.0995. The minimum Gasteiger partial charge on any atom is -0.496 e. The van der Waals surface area contributed by atoms with Gasteiger partial charge in [-0.1, -0.05) is 53.3 Å². The van der Waals surface area contributed by atoms with Crippen LogP contribution in [0.1, 0.15) is 17.3 Å². The molecule has 4 rings (SSSR count). The first-order chi connectivity index (χ1) is 13.1. The molecule has 0 fully saturated rings. The van der Waals surface area contributed by atoms with Crippen LogP contribution in [0.25, 0.3) is 21.0 Å². The molecule has 1 heterocycles. The third kappa shape index (κ3) is 3.13. The molecule has 136 valence electrons. The Morgan fingerprint density at radius 2 is 1.89 bits per heavy atom. The maximum atomic E-state index is 13.0. The summed E-state index contributed by atoms with van der Waals surface area (Å²) in [4.78, 5) is 18.0. The molecule has 1 amide bonds. The average molecular weight is 397 g/mol. The monoisotopic (exact) mass is 396 g/mol. The number of aromatic nitrogens is 1. The number of para-hydroxylation sites is 1. The molecule has 0 aliphatic heterocycles. The number of carbonyl (C=O) groups excluding carboxylic acids is 1. The molecule has 27 heavy (non-hydrogen) atoms. The second-order valence-corrected chi connectivity index (χ2v) is 7.45. The Morgan fingerprint density at radius 1 is 1.15 bits per heavy atom. The highest BCUT2D eigenvalue weighted by Crippen LogP contribution is 2.28. The Morgan fingerprint density at radius 3 is 2.59 bits per heavy atom. The molecule has 4 nitrogen and oxygen atoms in total. The first-order valence-electron chi connectivity index (χ1n) is 8.56. The van der Waals surface area contributed by atoms with Crippen molar-refractivity contribution in [2.75, 3.05) is 7.11 Å².